The van der Waals surface area contributed by atoms with Crippen LogP contribution in [0.4, 0.5) is 0 Å². The molecule has 0 fully saturated rings. The van der Waals surface area contributed by atoms with Crippen LogP contribution in [0.1, 0.15) is 0 Å². The Morgan fingerprint density at radius 1 is 0.838 bits per heavy atom. The third-order valence-corrected chi connectivity index (χ3v) is 8.74. The first-order valence-electron chi connectivity index (χ1n) is 10.1. The average molecular weight is 585 g/mol. The molecule has 4 atom stereocenters. The highest BCUT2D eigenvalue weighted by Crippen LogP contribution is 2.60. The number of nitrogens with zero attached hydrogens (tertiary/aromatic N) is 3. The summed E-state index contributed by atoms with van der Waals surface area (Å²) < 4.78 is 21.4. The number of phosphoric ester groups is 1. The predicted octanol–water partition coefficient (Wildman–Crippen LogP) is -8.78. The molecule has 0 saturated carbocycles. The van der Waals surface area contributed by atoms with E-state index < -0.39 is 97.3 Å². The fraction of sp³-hybridized carbons (Fsp3) is 0.688. The van der Waals surface area contributed by atoms with Gasteiger partial charge in [0, 0.05) is 66.1 Å². The lowest BCUT2D eigenvalue weighted by atomic mass is 10.2. The van der Waals surface area contributed by atoms with Crippen LogP contribution in [0.5, 0.6) is 0 Å². The third kappa shape index (κ3) is 18.2. The summed E-state index contributed by atoms with van der Waals surface area (Å²) in [6.07, 6.45) is 0. The van der Waals surface area contributed by atoms with E-state index in [4.69, 9.17) is 12.1 Å². The van der Waals surface area contributed by atoms with Crippen molar-refractivity contribution in [2.24, 2.45) is 0 Å². The van der Waals surface area contributed by atoms with Gasteiger partial charge < -0.3 is 63.2 Å². The highest BCUT2D eigenvalue weighted by Gasteiger charge is 2.25. The molecule has 0 saturated heterocycles. The maximum Gasteiger partial charge on any atom is 0.270 e. The summed E-state index contributed by atoms with van der Waals surface area (Å²) in [5, 5.41) is 55.3. The molecule has 37 heavy (non-hydrogen) atoms. The number of carbonyl (C=O) groups excluding carboxylic acids is 5. The average Bonchev–Trinajstić information content (AvgIpc) is 2.71. The first-order chi connectivity index (χ1) is 17.0. The Kier molecular flexibility index (Phi) is 16.9. The number of phosphoric acid groups is 1. The molecule has 0 aromatic carbocycles. The molecule has 4 unspecified atom stereocenters. The molecule has 210 valence electrons. The number of hydrogen-bond acceptors (Lipinski definition) is 17. The van der Waals surface area contributed by atoms with Gasteiger partial charge in [-0.05, 0) is 6.66 Å². The van der Waals surface area contributed by atoms with Crippen LogP contribution in [0.15, 0.2) is 0 Å². The summed E-state index contributed by atoms with van der Waals surface area (Å²) in [6, 6.07) is -1.45. The quantitative estimate of drug-likeness (QED) is 0.0843. The van der Waals surface area contributed by atoms with E-state index in [1.165, 1.54) is 0 Å². The minimum absolute atomic E-state index is 0.113. The Bertz CT molecular complexity index is 821. The second-order valence-corrected chi connectivity index (χ2v) is 12.8. The Morgan fingerprint density at radius 2 is 1.24 bits per heavy atom. The van der Waals surface area contributed by atoms with E-state index in [1.54, 1.807) is 6.66 Å². The predicted molar refractivity (Wildman–Crippen MR) is 115 cm³/mol. The van der Waals surface area contributed by atoms with Gasteiger partial charge in [-0.2, -0.15) is 0 Å². The SMILES string of the molecule is [B]P(OP(=O)([O-])OCC(CN(CCN(CC(=O)[O-])CC(=O)[O-])CC(=O)[O-])N(CC(=O)[O-])CC(=O)[O-])PC. The summed E-state index contributed by atoms with van der Waals surface area (Å²) in [5.41, 5.74) is 0. The standard InChI is InChI=1S/C16H29BN3O14P3/c1-35-36(17)34-37(31,32)33-10-11(20(8-15(27)28)9-16(29)30)4-18(5-12(21)22)2-3-19(6-13(23)24)7-14(25)26/h11,35H,2-10H2,1H3,(H,21,22)(H,23,24)(H,25,26)(H,27,28)(H,29,30)(H,31,32)/p-6. The van der Waals surface area contributed by atoms with E-state index >= 15 is 0 Å². The van der Waals surface area contributed by atoms with E-state index in [9.17, 15) is 59.0 Å². The zero-order chi connectivity index (χ0) is 28.8. The van der Waals surface area contributed by atoms with Gasteiger partial charge in [0.1, 0.15) is 0 Å². The lowest BCUT2D eigenvalue weighted by Gasteiger charge is -2.38. The molecule has 21 heteroatoms. The number of carboxylic acid groups (broad SMARTS) is 5. The summed E-state index contributed by atoms with van der Waals surface area (Å²) >= 11 is 0. The lowest BCUT2D eigenvalue weighted by Crippen LogP contribution is -2.55. The Morgan fingerprint density at radius 3 is 1.65 bits per heavy atom. The maximum atomic E-state index is 12.1. The molecular formula is C16H23BN3O14P3-6. The molecule has 0 rings (SSSR count). The van der Waals surface area contributed by atoms with Crippen molar-refractivity contribution >= 4 is 61.2 Å². The number of rotatable bonds is 22. The molecule has 0 aliphatic rings. The largest absolute Gasteiger partial charge is 0.756 e. The summed E-state index contributed by atoms with van der Waals surface area (Å²) in [4.78, 5) is 69.8. The van der Waals surface area contributed by atoms with Crippen molar-refractivity contribution in [1.29, 1.82) is 0 Å². The summed E-state index contributed by atoms with van der Waals surface area (Å²) in [5.74, 6) is -8.51. The van der Waals surface area contributed by atoms with E-state index in [1.807, 2.05) is 0 Å². The van der Waals surface area contributed by atoms with Crippen molar-refractivity contribution < 1.29 is 67.8 Å². The first-order valence-corrected chi connectivity index (χ1v) is 15.2. The van der Waals surface area contributed by atoms with Crippen LogP contribution < -0.4 is 30.4 Å². The fourth-order valence-electron chi connectivity index (χ4n) is 2.85. The van der Waals surface area contributed by atoms with Gasteiger partial charge >= 0.3 is 0 Å². The topological polar surface area (TPSA) is 269 Å². The van der Waals surface area contributed by atoms with Crippen molar-refractivity contribution in [3.05, 3.63) is 0 Å². The van der Waals surface area contributed by atoms with Gasteiger partial charge in [-0.3, -0.25) is 19.3 Å². The van der Waals surface area contributed by atoms with Gasteiger partial charge in [0.25, 0.3) is 7.82 Å². The van der Waals surface area contributed by atoms with Crippen molar-refractivity contribution in [2.45, 2.75) is 6.04 Å². The van der Waals surface area contributed by atoms with Gasteiger partial charge in [0.2, 0.25) is 0 Å². The van der Waals surface area contributed by atoms with Gasteiger partial charge in [-0.1, -0.05) is 8.27 Å². The third-order valence-electron chi connectivity index (χ3n) is 4.27. The number of hydrogen-bond donors (Lipinski definition) is 0. The van der Waals surface area contributed by atoms with E-state index in [2.05, 4.69) is 4.31 Å². The smallest absolute Gasteiger partial charge is 0.270 e. The highest BCUT2D eigenvalue weighted by atomic mass is 32.1. The number of carboxylic acids is 5. The van der Waals surface area contributed by atoms with Gasteiger partial charge in [0.15, 0.2) is 7.57 Å². The van der Waals surface area contributed by atoms with Crippen molar-refractivity contribution in [3.8, 4) is 0 Å². The van der Waals surface area contributed by atoms with Crippen LogP contribution >= 0.6 is 23.8 Å². The molecule has 17 nitrogen and oxygen atoms in total. The Labute approximate surface area is 215 Å². The van der Waals surface area contributed by atoms with E-state index in [0.29, 0.717) is 4.90 Å². The Hall–Kier alpha value is -1.74. The molecule has 0 aliphatic heterocycles. The van der Waals surface area contributed by atoms with Crippen molar-refractivity contribution in [2.75, 3.05) is 65.6 Å². The molecule has 0 N–H and O–H groups in total. The van der Waals surface area contributed by atoms with Crippen LogP contribution in [0.25, 0.3) is 0 Å². The molecule has 0 bridgehead atoms. The van der Waals surface area contributed by atoms with Crippen LogP contribution in [0, 0.1) is 0 Å². The zero-order valence-electron chi connectivity index (χ0n) is 19.5. The van der Waals surface area contributed by atoms with Crippen molar-refractivity contribution in [3.63, 3.8) is 0 Å². The van der Waals surface area contributed by atoms with Gasteiger partial charge in [0.05, 0.1) is 36.5 Å². The number of carbonyl (C=O) groups is 5. The van der Waals surface area contributed by atoms with Gasteiger partial charge in [-0.15, -0.1) is 0 Å². The minimum Gasteiger partial charge on any atom is -0.756 e. The lowest BCUT2D eigenvalue weighted by molar-refractivity contribution is -0.313. The first kappa shape index (κ1) is 35.3. The fourth-order valence-corrected chi connectivity index (χ4v) is 6.21. The molecule has 0 aromatic heterocycles. The van der Waals surface area contributed by atoms with Crippen LogP contribution in [-0.4, -0.2) is 124 Å². The second kappa shape index (κ2) is 17.7. The summed E-state index contributed by atoms with van der Waals surface area (Å²) in [7, 11) is -1.59. The van der Waals surface area contributed by atoms with Crippen LogP contribution in [-0.2, 0) is 37.4 Å². The Balaban J connectivity index is 5.89. The van der Waals surface area contributed by atoms with Crippen molar-refractivity contribution in [1.82, 2.24) is 14.7 Å². The molecule has 0 aromatic rings. The van der Waals surface area contributed by atoms with E-state index in [-0.39, 0.29) is 21.4 Å². The zero-order valence-corrected chi connectivity index (χ0v) is 22.3. The maximum absolute atomic E-state index is 12.1. The molecule has 2 radical (unpaired) electrons. The number of aliphatic carboxylic acids is 5. The van der Waals surface area contributed by atoms with E-state index in [0.717, 1.165) is 9.80 Å². The molecule has 0 spiro atoms. The van der Waals surface area contributed by atoms with Crippen LogP contribution in [0.2, 0.25) is 0 Å². The van der Waals surface area contributed by atoms with Gasteiger partial charge in [-0.25, -0.2) is 0 Å². The van der Waals surface area contributed by atoms with Crippen LogP contribution in [0.3, 0.4) is 0 Å². The second-order valence-electron chi connectivity index (χ2n) is 7.24. The normalized spacial score (nSPS) is 15.2. The highest BCUT2D eigenvalue weighted by molar-refractivity contribution is 8.30. The summed E-state index contributed by atoms with van der Waals surface area (Å²) in [6.45, 7) is -5.46. The molecule has 0 amide bonds. The monoisotopic (exact) mass is 585 g/mol. The molecule has 0 heterocycles. The minimum atomic E-state index is -5.05. The molecular weight excluding hydrogens is 562 g/mol. The molecule has 0 aliphatic carbocycles.